The summed E-state index contributed by atoms with van der Waals surface area (Å²) in [6.45, 7) is 1.40. The van der Waals surface area contributed by atoms with Gasteiger partial charge in [-0.2, -0.15) is 15.0 Å². The van der Waals surface area contributed by atoms with Crippen molar-refractivity contribution in [1.29, 1.82) is 0 Å². The Labute approximate surface area is 118 Å². The average Bonchev–Trinajstić information content (AvgIpc) is 3.09. The molecule has 0 aliphatic carbocycles. The molecule has 0 spiro atoms. The molecule has 0 radical (unpaired) electrons. The monoisotopic (exact) mass is 324 g/mol. The van der Waals surface area contributed by atoms with Crippen LogP contribution in [0, 0.1) is 0 Å². The van der Waals surface area contributed by atoms with E-state index >= 15 is 0 Å². The number of amides is 1. The van der Waals surface area contributed by atoms with Gasteiger partial charge in [0.1, 0.15) is 0 Å². The minimum absolute atomic E-state index is 0.0578. The maximum absolute atomic E-state index is 12.2. The van der Waals surface area contributed by atoms with E-state index in [0.29, 0.717) is 23.5 Å². The summed E-state index contributed by atoms with van der Waals surface area (Å²) < 4.78 is 5.87. The van der Waals surface area contributed by atoms with Gasteiger partial charge in [-0.1, -0.05) is 0 Å². The highest BCUT2D eigenvalue weighted by atomic mass is 79.9. The second-order valence-corrected chi connectivity index (χ2v) is 5.26. The van der Waals surface area contributed by atoms with Gasteiger partial charge >= 0.3 is 0 Å². The summed E-state index contributed by atoms with van der Waals surface area (Å²) in [6.07, 6.45) is 5.08. The van der Waals surface area contributed by atoms with Crippen LogP contribution in [0.15, 0.2) is 33.6 Å². The Kier molecular flexibility index (Phi) is 3.37. The van der Waals surface area contributed by atoms with Gasteiger partial charge in [-0.3, -0.25) is 4.79 Å². The van der Waals surface area contributed by atoms with Crippen molar-refractivity contribution in [1.82, 2.24) is 19.9 Å². The summed E-state index contributed by atoms with van der Waals surface area (Å²) in [7, 11) is 0. The average molecular weight is 325 g/mol. The molecule has 0 N–H and O–H groups in total. The van der Waals surface area contributed by atoms with Crippen LogP contribution in [-0.2, 0) is 0 Å². The molecule has 0 aromatic carbocycles. The third-order valence-corrected chi connectivity index (χ3v) is 3.73. The fourth-order valence-corrected chi connectivity index (χ4v) is 2.61. The largest absolute Gasteiger partial charge is 0.444 e. The van der Waals surface area contributed by atoms with Gasteiger partial charge in [0.2, 0.25) is 0 Å². The predicted octanol–water partition coefficient (Wildman–Crippen LogP) is 2.11. The number of halogens is 1. The number of carbonyl (C=O) groups is 1. The molecule has 19 heavy (non-hydrogen) atoms. The molecule has 1 saturated heterocycles. The van der Waals surface area contributed by atoms with E-state index in [9.17, 15) is 4.79 Å². The Hall–Kier alpha value is -1.63. The first-order valence-corrected chi connectivity index (χ1v) is 6.94. The van der Waals surface area contributed by atoms with E-state index in [1.807, 2.05) is 4.90 Å². The minimum Gasteiger partial charge on any atom is -0.444 e. The molecule has 3 heterocycles. The predicted molar refractivity (Wildman–Crippen MR) is 70.6 cm³/mol. The molecule has 2 aromatic heterocycles. The van der Waals surface area contributed by atoms with Gasteiger partial charge < -0.3 is 9.32 Å². The smallest absolute Gasteiger partial charge is 0.289 e. The van der Waals surface area contributed by atoms with E-state index in [4.69, 9.17) is 4.42 Å². The lowest BCUT2D eigenvalue weighted by atomic mass is 10.1. The molecule has 0 unspecified atom stereocenters. The molecular formula is C12H13BrN4O2. The third-order valence-electron chi connectivity index (χ3n) is 3.30. The van der Waals surface area contributed by atoms with Crippen molar-refractivity contribution in [2.75, 3.05) is 13.1 Å². The SMILES string of the molecule is O=C(c1ccc(Br)o1)N1CCC(n2nccn2)CC1. The lowest BCUT2D eigenvalue weighted by Crippen LogP contribution is -2.39. The third kappa shape index (κ3) is 2.56. The number of furan rings is 1. The van der Waals surface area contributed by atoms with Gasteiger partial charge in [0, 0.05) is 13.1 Å². The van der Waals surface area contributed by atoms with Crippen LogP contribution in [0.5, 0.6) is 0 Å². The van der Waals surface area contributed by atoms with Crippen molar-refractivity contribution in [2.24, 2.45) is 0 Å². The first kappa shape index (κ1) is 12.4. The molecule has 0 atom stereocenters. The standard InChI is InChI=1S/C12H13BrN4O2/c13-11-2-1-10(19-11)12(18)16-7-3-9(4-8-16)17-14-5-6-15-17/h1-2,5-6,9H,3-4,7-8H2. The van der Waals surface area contributed by atoms with Crippen LogP contribution in [-0.4, -0.2) is 38.9 Å². The Balaban J connectivity index is 1.62. The zero-order valence-corrected chi connectivity index (χ0v) is 11.8. The minimum atomic E-state index is -0.0578. The van der Waals surface area contributed by atoms with Crippen LogP contribution >= 0.6 is 15.9 Å². The topological polar surface area (TPSA) is 64.2 Å². The second kappa shape index (κ2) is 5.16. The highest BCUT2D eigenvalue weighted by molar-refractivity contribution is 9.10. The van der Waals surface area contributed by atoms with Crippen LogP contribution in [0.2, 0.25) is 0 Å². The number of hydrogen-bond donors (Lipinski definition) is 0. The maximum Gasteiger partial charge on any atom is 0.289 e. The molecule has 0 bridgehead atoms. The lowest BCUT2D eigenvalue weighted by Gasteiger charge is -2.30. The molecule has 7 heteroatoms. The quantitative estimate of drug-likeness (QED) is 0.848. The van der Waals surface area contributed by atoms with Gasteiger partial charge in [-0.25, -0.2) is 0 Å². The summed E-state index contributed by atoms with van der Waals surface area (Å²) in [4.78, 5) is 15.7. The summed E-state index contributed by atoms with van der Waals surface area (Å²) >= 11 is 3.20. The first-order chi connectivity index (χ1) is 9.24. The van der Waals surface area contributed by atoms with Crippen molar-refractivity contribution in [3.05, 3.63) is 35.0 Å². The summed E-state index contributed by atoms with van der Waals surface area (Å²) in [5, 5.41) is 8.30. The van der Waals surface area contributed by atoms with E-state index in [0.717, 1.165) is 12.8 Å². The molecule has 100 valence electrons. The van der Waals surface area contributed by atoms with Gasteiger partial charge in [0.25, 0.3) is 5.91 Å². The molecule has 1 amide bonds. The van der Waals surface area contributed by atoms with Crippen molar-refractivity contribution < 1.29 is 9.21 Å². The molecule has 1 aliphatic rings. The molecule has 1 fully saturated rings. The summed E-state index contributed by atoms with van der Waals surface area (Å²) in [5.74, 6) is 0.320. The Morgan fingerprint density at radius 2 is 1.95 bits per heavy atom. The van der Waals surface area contributed by atoms with Crippen molar-refractivity contribution in [3.63, 3.8) is 0 Å². The number of piperidine rings is 1. The molecule has 2 aromatic rings. The highest BCUT2D eigenvalue weighted by Gasteiger charge is 2.26. The molecular weight excluding hydrogens is 312 g/mol. The van der Waals surface area contributed by atoms with Gasteiger partial charge in [-0.05, 0) is 40.9 Å². The van der Waals surface area contributed by atoms with E-state index in [1.54, 1.807) is 29.3 Å². The molecule has 0 saturated carbocycles. The normalized spacial score (nSPS) is 16.8. The van der Waals surface area contributed by atoms with Gasteiger partial charge in [0.05, 0.1) is 18.4 Å². The zero-order valence-electron chi connectivity index (χ0n) is 10.2. The lowest BCUT2D eigenvalue weighted by molar-refractivity contribution is 0.0650. The summed E-state index contributed by atoms with van der Waals surface area (Å²) in [6, 6.07) is 3.70. The Morgan fingerprint density at radius 1 is 1.26 bits per heavy atom. The number of likely N-dealkylation sites (tertiary alicyclic amines) is 1. The number of hydrogen-bond acceptors (Lipinski definition) is 4. The van der Waals surface area contributed by atoms with E-state index in [2.05, 4.69) is 26.1 Å². The number of nitrogens with zero attached hydrogens (tertiary/aromatic N) is 4. The van der Waals surface area contributed by atoms with Crippen LogP contribution in [0.25, 0.3) is 0 Å². The van der Waals surface area contributed by atoms with Gasteiger partial charge in [0.15, 0.2) is 10.4 Å². The second-order valence-electron chi connectivity index (χ2n) is 4.48. The Bertz CT molecular complexity index is 558. The molecule has 3 rings (SSSR count). The Morgan fingerprint density at radius 3 is 2.53 bits per heavy atom. The van der Waals surface area contributed by atoms with Crippen molar-refractivity contribution >= 4 is 21.8 Å². The fourth-order valence-electron chi connectivity index (χ4n) is 2.30. The molecule has 1 aliphatic heterocycles. The zero-order chi connectivity index (χ0) is 13.2. The summed E-state index contributed by atoms with van der Waals surface area (Å²) in [5.41, 5.74) is 0. The fraction of sp³-hybridized carbons (Fsp3) is 0.417. The number of carbonyl (C=O) groups excluding carboxylic acids is 1. The van der Waals surface area contributed by atoms with Crippen LogP contribution < -0.4 is 0 Å². The maximum atomic E-state index is 12.2. The van der Waals surface area contributed by atoms with Crippen LogP contribution in [0.3, 0.4) is 0 Å². The molecule has 6 nitrogen and oxygen atoms in total. The number of rotatable bonds is 2. The van der Waals surface area contributed by atoms with E-state index in [1.165, 1.54) is 0 Å². The van der Waals surface area contributed by atoms with Gasteiger partial charge in [-0.15, -0.1) is 0 Å². The van der Waals surface area contributed by atoms with E-state index < -0.39 is 0 Å². The first-order valence-electron chi connectivity index (χ1n) is 6.14. The van der Waals surface area contributed by atoms with Crippen LogP contribution in [0.4, 0.5) is 0 Å². The number of aromatic nitrogens is 3. The van der Waals surface area contributed by atoms with Crippen LogP contribution in [0.1, 0.15) is 29.4 Å². The highest BCUT2D eigenvalue weighted by Crippen LogP contribution is 2.23. The van der Waals surface area contributed by atoms with Crippen molar-refractivity contribution in [3.8, 4) is 0 Å². The van der Waals surface area contributed by atoms with Crippen molar-refractivity contribution in [2.45, 2.75) is 18.9 Å². The van der Waals surface area contributed by atoms with E-state index in [-0.39, 0.29) is 11.9 Å².